The minimum Gasteiger partial charge on any atom is -0.302 e. The number of fused-ring (bicyclic) bond motifs is 1. The summed E-state index contributed by atoms with van der Waals surface area (Å²) in [5, 5.41) is 5.86. The van der Waals surface area contributed by atoms with Gasteiger partial charge in [-0.2, -0.15) is 5.10 Å². The number of amidine groups is 1. The molecular weight excluding hydrogens is 104 g/mol. The average Bonchev–Trinajstić information content (AvgIpc) is 2.15. The zero-order valence-corrected chi connectivity index (χ0v) is 4.26. The summed E-state index contributed by atoms with van der Waals surface area (Å²) in [5.41, 5.74) is 5.80. The Balaban J connectivity index is 2.31. The van der Waals surface area contributed by atoms with Crippen LogP contribution in [0.15, 0.2) is 17.4 Å². The largest absolute Gasteiger partial charge is 0.302 e. The van der Waals surface area contributed by atoms with Gasteiger partial charge in [-0.1, -0.05) is 0 Å². The number of hydrazone groups is 1. The van der Waals surface area contributed by atoms with Crippen LogP contribution in [0.4, 0.5) is 0 Å². The van der Waals surface area contributed by atoms with E-state index in [1.165, 1.54) is 0 Å². The van der Waals surface area contributed by atoms with Crippen molar-refractivity contribution in [3.8, 4) is 0 Å². The topological polar surface area (TPSA) is 39.7 Å². The second-order valence-corrected chi connectivity index (χ2v) is 1.68. The van der Waals surface area contributed by atoms with Crippen molar-refractivity contribution < 1.29 is 0 Å². The summed E-state index contributed by atoms with van der Waals surface area (Å²) in [6.45, 7) is 0.766. The Hall–Kier alpha value is -1.19. The van der Waals surface area contributed by atoms with Gasteiger partial charge in [0, 0.05) is 12.3 Å². The Labute approximate surface area is 46.8 Å². The molecule has 4 nitrogen and oxygen atoms in total. The fraction of sp³-hybridized carbons (Fsp3) is 0.250. The summed E-state index contributed by atoms with van der Waals surface area (Å²) in [5.74, 6) is 0.963. The summed E-state index contributed by atoms with van der Waals surface area (Å²) < 4.78 is 0. The molecule has 0 atom stereocenters. The second-order valence-electron chi connectivity index (χ2n) is 1.68. The van der Waals surface area contributed by atoms with Crippen molar-refractivity contribution in [2.24, 2.45) is 5.10 Å². The molecule has 4 heteroatoms. The highest BCUT2D eigenvalue weighted by atomic mass is 15.6. The summed E-state index contributed by atoms with van der Waals surface area (Å²) in [7, 11) is 0. The molecule has 2 N–H and O–H groups in total. The van der Waals surface area contributed by atoms with Crippen molar-refractivity contribution >= 4 is 5.84 Å². The molecule has 2 rings (SSSR count). The fourth-order valence-electron chi connectivity index (χ4n) is 0.769. The summed E-state index contributed by atoms with van der Waals surface area (Å²) in [6.07, 6.45) is 3.78. The quantitative estimate of drug-likeness (QED) is 0.428. The van der Waals surface area contributed by atoms with Gasteiger partial charge in [-0.05, 0) is 0 Å². The Morgan fingerprint density at radius 2 is 2.75 bits per heavy atom. The van der Waals surface area contributed by atoms with Gasteiger partial charge in [-0.3, -0.25) is 5.43 Å². The molecule has 0 unspecified atom stereocenters. The normalized spacial score (nSPS) is 22.0. The van der Waals surface area contributed by atoms with Crippen molar-refractivity contribution in [1.29, 1.82) is 0 Å². The Morgan fingerprint density at radius 1 is 1.75 bits per heavy atom. The van der Waals surface area contributed by atoms with Crippen LogP contribution in [0, 0.1) is 0 Å². The van der Waals surface area contributed by atoms with E-state index < -0.39 is 0 Å². The minimum atomic E-state index is 0.766. The predicted octanol–water partition coefficient (Wildman–Crippen LogP) is -0.806. The molecule has 0 aromatic carbocycles. The molecule has 0 bridgehead atoms. The Morgan fingerprint density at radius 3 is 3.62 bits per heavy atom. The van der Waals surface area contributed by atoms with Crippen LogP contribution in [0.3, 0.4) is 0 Å². The molecule has 0 spiro atoms. The Bertz CT molecular complexity index is 159. The summed E-state index contributed by atoms with van der Waals surface area (Å²) >= 11 is 0. The monoisotopic (exact) mass is 110 g/mol. The summed E-state index contributed by atoms with van der Waals surface area (Å²) in [6, 6.07) is 0. The number of hydrazine groups is 1. The second kappa shape index (κ2) is 1.15. The SMILES string of the molecule is C1=CC2=NNCN2N1. The first-order chi connectivity index (χ1) is 3.97. The van der Waals surface area contributed by atoms with Crippen LogP contribution in [0.2, 0.25) is 0 Å². The third kappa shape index (κ3) is 0.318. The number of nitrogens with one attached hydrogen (secondary N) is 2. The van der Waals surface area contributed by atoms with Crippen molar-refractivity contribution in [2.75, 3.05) is 6.67 Å². The number of rotatable bonds is 0. The van der Waals surface area contributed by atoms with Crippen LogP contribution in [0.25, 0.3) is 0 Å². The lowest BCUT2D eigenvalue weighted by molar-refractivity contribution is 0.377. The lowest BCUT2D eigenvalue weighted by Crippen LogP contribution is -2.33. The highest BCUT2D eigenvalue weighted by molar-refractivity contribution is 5.94. The Kier molecular flexibility index (Phi) is 0.542. The maximum atomic E-state index is 3.94. The first-order valence-corrected chi connectivity index (χ1v) is 2.47. The third-order valence-corrected chi connectivity index (χ3v) is 1.16. The molecule has 0 fully saturated rings. The van der Waals surface area contributed by atoms with Crippen LogP contribution in [0.5, 0.6) is 0 Å². The molecule has 0 aromatic heterocycles. The number of hydrogen-bond donors (Lipinski definition) is 2. The maximum Gasteiger partial charge on any atom is 0.170 e. The van der Waals surface area contributed by atoms with E-state index in [-0.39, 0.29) is 0 Å². The first kappa shape index (κ1) is 3.77. The molecule has 0 radical (unpaired) electrons. The van der Waals surface area contributed by atoms with Crippen molar-refractivity contribution in [2.45, 2.75) is 0 Å². The van der Waals surface area contributed by atoms with Crippen LogP contribution in [-0.4, -0.2) is 17.5 Å². The molecule has 2 aliphatic heterocycles. The first-order valence-electron chi connectivity index (χ1n) is 2.47. The van der Waals surface area contributed by atoms with Gasteiger partial charge in [0.1, 0.15) is 6.67 Å². The molecule has 2 aliphatic rings. The molecule has 0 aromatic rings. The molecule has 0 saturated carbocycles. The predicted molar refractivity (Wildman–Crippen MR) is 29.6 cm³/mol. The van der Waals surface area contributed by atoms with Crippen molar-refractivity contribution in [3.05, 3.63) is 12.3 Å². The van der Waals surface area contributed by atoms with Gasteiger partial charge in [0.05, 0.1) is 0 Å². The van der Waals surface area contributed by atoms with Gasteiger partial charge < -0.3 is 5.43 Å². The zero-order chi connectivity index (χ0) is 5.40. The van der Waals surface area contributed by atoms with E-state index in [1.54, 1.807) is 0 Å². The van der Waals surface area contributed by atoms with E-state index >= 15 is 0 Å². The molecule has 42 valence electrons. The van der Waals surface area contributed by atoms with Gasteiger partial charge in [-0.15, -0.1) is 0 Å². The number of nitrogens with zero attached hydrogens (tertiary/aromatic N) is 2. The molecule has 0 saturated heterocycles. The van der Waals surface area contributed by atoms with E-state index in [0.29, 0.717) is 0 Å². The maximum absolute atomic E-state index is 3.94. The standard InChI is InChI=1S/C4H6N4/c1-2-6-8-3-5-7-4(1)8/h1-2,5-6H,3H2. The fourth-order valence-corrected chi connectivity index (χ4v) is 0.769. The van der Waals surface area contributed by atoms with Crippen molar-refractivity contribution in [1.82, 2.24) is 15.9 Å². The lowest BCUT2D eigenvalue weighted by atomic mass is 10.6. The molecule has 0 amide bonds. The highest BCUT2D eigenvalue weighted by Gasteiger charge is 2.15. The smallest absolute Gasteiger partial charge is 0.170 e. The van der Waals surface area contributed by atoms with E-state index in [9.17, 15) is 0 Å². The van der Waals surface area contributed by atoms with Gasteiger partial charge in [0.15, 0.2) is 5.84 Å². The molecule has 8 heavy (non-hydrogen) atoms. The lowest BCUT2D eigenvalue weighted by Gasteiger charge is -2.09. The van der Waals surface area contributed by atoms with Gasteiger partial charge >= 0.3 is 0 Å². The molecule has 0 aliphatic carbocycles. The van der Waals surface area contributed by atoms with E-state index in [4.69, 9.17) is 0 Å². The third-order valence-electron chi connectivity index (χ3n) is 1.16. The molecular formula is C4H6N4. The number of hydrogen-bond acceptors (Lipinski definition) is 4. The minimum absolute atomic E-state index is 0.766. The van der Waals surface area contributed by atoms with Crippen LogP contribution < -0.4 is 10.9 Å². The summed E-state index contributed by atoms with van der Waals surface area (Å²) in [4.78, 5) is 0. The zero-order valence-electron chi connectivity index (χ0n) is 4.26. The van der Waals surface area contributed by atoms with Crippen LogP contribution >= 0.6 is 0 Å². The average molecular weight is 110 g/mol. The van der Waals surface area contributed by atoms with Gasteiger partial charge in [-0.25, -0.2) is 5.01 Å². The van der Waals surface area contributed by atoms with E-state index in [0.717, 1.165) is 12.5 Å². The van der Waals surface area contributed by atoms with Crippen LogP contribution in [-0.2, 0) is 0 Å². The van der Waals surface area contributed by atoms with E-state index in [2.05, 4.69) is 16.0 Å². The van der Waals surface area contributed by atoms with Crippen LogP contribution in [0.1, 0.15) is 0 Å². The van der Waals surface area contributed by atoms with Gasteiger partial charge in [0.25, 0.3) is 0 Å². The van der Waals surface area contributed by atoms with E-state index in [1.807, 2.05) is 17.3 Å². The van der Waals surface area contributed by atoms with Gasteiger partial charge in [0.2, 0.25) is 0 Å². The highest BCUT2D eigenvalue weighted by Crippen LogP contribution is 1.99. The van der Waals surface area contributed by atoms with Crippen molar-refractivity contribution in [3.63, 3.8) is 0 Å². The molecule has 2 heterocycles.